The van der Waals surface area contributed by atoms with Crippen LogP contribution >= 0.6 is 0 Å². The molecule has 0 saturated carbocycles. The number of rotatable bonds is 7. The number of aryl methyl sites for hydroxylation is 1. The van der Waals surface area contributed by atoms with Gasteiger partial charge in [0.05, 0.1) is 12.7 Å². The zero-order valence-corrected chi connectivity index (χ0v) is 14.2. The zero-order chi connectivity index (χ0) is 16.6. The van der Waals surface area contributed by atoms with Crippen LogP contribution in [0.3, 0.4) is 0 Å². The monoisotopic (exact) mass is 325 g/mol. The number of hydrogen-bond acceptors (Lipinski definition) is 3. The van der Waals surface area contributed by atoms with Crippen molar-refractivity contribution in [3.05, 3.63) is 65.7 Å². The van der Waals surface area contributed by atoms with Gasteiger partial charge in [0.1, 0.15) is 5.75 Å². The molecule has 2 aromatic rings. The normalized spacial score (nSPS) is 16.2. The smallest absolute Gasteiger partial charge is 0.119 e. The van der Waals surface area contributed by atoms with Gasteiger partial charge in [0.25, 0.3) is 0 Å². The third-order valence-electron chi connectivity index (χ3n) is 4.58. The average Bonchev–Trinajstić information content (AvgIpc) is 2.62. The third kappa shape index (κ3) is 5.36. The number of likely N-dealkylation sites (tertiary alicyclic amines) is 1. The summed E-state index contributed by atoms with van der Waals surface area (Å²) in [6.45, 7) is 3.63. The summed E-state index contributed by atoms with van der Waals surface area (Å²) < 4.78 is 5.92. The standard InChI is InChI=1S/C21H27NO2/c23-20-11-13-22(14-12-20)17-19-8-4-10-21(16-19)24-15-5-9-18-6-2-1-3-7-18/h1-4,6-8,10,16,20,23H,5,9,11-15,17H2. The van der Waals surface area contributed by atoms with Crippen LogP contribution < -0.4 is 4.74 Å². The van der Waals surface area contributed by atoms with E-state index in [9.17, 15) is 5.11 Å². The number of nitrogens with zero attached hydrogens (tertiary/aromatic N) is 1. The van der Waals surface area contributed by atoms with E-state index in [1.165, 1.54) is 11.1 Å². The molecule has 0 bridgehead atoms. The maximum absolute atomic E-state index is 9.59. The van der Waals surface area contributed by atoms with E-state index in [2.05, 4.69) is 53.4 Å². The van der Waals surface area contributed by atoms with E-state index in [4.69, 9.17) is 4.74 Å². The van der Waals surface area contributed by atoms with Gasteiger partial charge in [0.15, 0.2) is 0 Å². The molecule has 0 aliphatic carbocycles. The SMILES string of the molecule is OC1CCN(Cc2cccc(OCCCc3ccccc3)c2)CC1. The van der Waals surface area contributed by atoms with Crippen LogP contribution in [0, 0.1) is 0 Å². The van der Waals surface area contributed by atoms with Gasteiger partial charge in [-0.05, 0) is 48.9 Å². The Bertz CT molecular complexity index is 606. The van der Waals surface area contributed by atoms with Gasteiger partial charge in [-0.3, -0.25) is 4.90 Å². The molecule has 24 heavy (non-hydrogen) atoms. The summed E-state index contributed by atoms with van der Waals surface area (Å²) in [5, 5.41) is 9.59. The largest absolute Gasteiger partial charge is 0.494 e. The molecular weight excluding hydrogens is 298 g/mol. The molecule has 3 heteroatoms. The minimum Gasteiger partial charge on any atom is -0.494 e. The van der Waals surface area contributed by atoms with E-state index in [0.717, 1.165) is 57.7 Å². The van der Waals surface area contributed by atoms with Crippen molar-refractivity contribution in [2.45, 2.75) is 38.3 Å². The summed E-state index contributed by atoms with van der Waals surface area (Å²) in [5.41, 5.74) is 2.65. The van der Waals surface area contributed by atoms with Crippen molar-refractivity contribution in [2.75, 3.05) is 19.7 Å². The van der Waals surface area contributed by atoms with Crippen molar-refractivity contribution in [2.24, 2.45) is 0 Å². The minimum absolute atomic E-state index is 0.111. The van der Waals surface area contributed by atoms with Crippen LogP contribution in [-0.2, 0) is 13.0 Å². The lowest BCUT2D eigenvalue weighted by atomic mass is 10.1. The number of piperidine rings is 1. The van der Waals surface area contributed by atoms with Gasteiger partial charge in [-0.2, -0.15) is 0 Å². The fraction of sp³-hybridized carbons (Fsp3) is 0.429. The number of aliphatic hydroxyl groups is 1. The molecule has 0 unspecified atom stereocenters. The molecular formula is C21H27NO2. The van der Waals surface area contributed by atoms with Crippen LogP contribution in [0.1, 0.15) is 30.4 Å². The highest BCUT2D eigenvalue weighted by molar-refractivity contribution is 5.28. The van der Waals surface area contributed by atoms with Crippen LogP contribution in [0.4, 0.5) is 0 Å². The van der Waals surface area contributed by atoms with Gasteiger partial charge in [0.2, 0.25) is 0 Å². The molecule has 1 N–H and O–H groups in total. The van der Waals surface area contributed by atoms with Crippen molar-refractivity contribution >= 4 is 0 Å². The van der Waals surface area contributed by atoms with E-state index < -0.39 is 0 Å². The molecule has 1 aliphatic heterocycles. The first-order chi connectivity index (χ1) is 11.8. The van der Waals surface area contributed by atoms with Crippen molar-refractivity contribution in [3.8, 4) is 5.75 Å². The molecule has 2 aromatic carbocycles. The lowest BCUT2D eigenvalue weighted by Gasteiger charge is -2.29. The lowest BCUT2D eigenvalue weighted by molar-refractivity contribution is 0.0792. The number of benzene rings is 2. The van der Waals surface area contributed by atoms with E-state index in [0.29, 0.717) is 0 Å². The fourth-order valence-corrected chi connectivity index (χ4v) is 3.18. The molecule has 3 rings (SSSR count). The Balaban J connectivity index is 1.43. The first-order valence-corrected chi connectivity index (χ1v) is 8.96. The van der Waals surface area contributed by atoms with Gasteiger partial charge in [0, 0.05) is 19.6 Å². The van der Waals surface area contributed by atoms with Gasteiger partial charge < -0.3 is 9.84 Å². The molecule has 1 heterocycles. The highest BCUT2D eigenvalue weighted by atomic mass is 16.5. The molecule has 0 atom stereocenters. The molecule has 1 aliphatic rings. The number of aliphatic hydroxyl groups excluding tert-OH is 1. The third-order valence-corrected chi connectivity index (χ3v) is 4.58. The summed E-state index contributed by atoms with van der Waals surface area (Å²) in [5.74, 6) is 0.956. The Morgan fingerprint density at radius 3 is 2.50 bits per heavy atom. The summed E-state index contributed by atoms with van der Waals surface area (Å²) in [4.78, 5) is 2.40. The van der Waals surface area contributed by atoms with Crippen molar-refractivity contribution in [1.82, 2.24) is 4.90 Å². The van der Waals surface area contributed by atoms with E-state index in [1.807, 2.05) is 6.07 Å². The summed E-state index contributed by atoms with van der Waals surface area (Å²) >= 11 is 0. The Labute approximate surface area is 144 Å². The summed E-state index contributed by atoms with van der Waals surface area (Å²) in [7, 11) is 0. The Kier molecular flexibility index (Phi) is 6.27. The second-order valence-corrected chi connectivity index (χ2v) is 6.59. The van der Waals surface area contributed by atoms with Crippen LogP contribution in [0.5, 0.6) is 5.75 Å². The molecule has 0 aromatic heterocycles. The Hall–Kier alpha value is -1.84. The van der Waals surface area contributed by atoms with Gasteiger partial charge >= 0.3 is 0 Å². The van der Waals surface area contributed by atoms with Gasteiger partial charge in [-0.1, -0.05) is 42.5 Å². The van der Waals surface area contributed by atoms with Gasteiger partial charge in [-0.25, -0.2) is 0 Å². The van der Waals surface area contributed by atoms with Gasteiger partial charge in [-0.15, -0.1) is 0 Å². The maximum atomic E-state index is 9.59. The number of ether oxygens (including phenoxy) is 1. The van der Waals surface area contributed by atoms with Crippen LogP contribution in [0.25, 0.3) is 0 Å². The molecule has 3 nitrogen and oxygen atoms in total. The highest BCUT2D eigenvalue weighted by Gasteiger charge is 2.16. The predicted molar refractivity (Wildman–Crippen MR) is 97.2 cm³/mol. The molecule has 1 saturated heterocycles. The van der Waals surface area contributed by atoms with E-state index >= 15 is 0 Å². The zero-order valence-electron chi connectivity index (χ0n) is 14.2. The van der Waals surface area contributed by atoms with E-state index in [1.54, 1.807) is 0 Å². The lowest BCUT2D eigenvalue weighted by Crippen LogP contribution is -2.35. The maximum Gasteiger partial charge on any atom is 0.119 e. The highest BCUT2D eigenvalue weighted by Crippen LogP contribution is 2.18. The molecule has 1 fully saturated rings. The van der Waals surface area contributed by atoms with Crippen molar-refractivity contribution in [3.63, 3.8) is 0 Å². The predicted octanol–water partition coefficient (Wildman–Crippen LogP) is 3.65. The topological polar surface area (TPSA) is 32.7 Å². The molecule has 0 amide bonds. The minimum atomic E-state index is -0.111. The van der Waals surface area contributed by atoms with E-state index in [-0.39, 0.29) is 6.10 Å². The second-order valence-electron chi connectivity index (χ2n) is 6.59. The number of hydrogen-bond donors (Lipinski definition) is 1. The van der Waals surface area contributed by atoms with Crippen LogP contribution in [0.2, 0.25) is 0 Å². The van der Waals surface area contributed by atoms with Crippen LogP contribution in [-0.4, -0.2) is 35.8 Å². The Morgan fingerprint density at radius 1 is 0.958 bits per heavy atom. The molecule has 0 spiro atoms. The molecule has 128 valence electrons. The first kappa shape index (κ1) is 17.0. The second kappa shape index (κ2) is 8.86. The molecule has 0 radical (unpaired) electrons. The van der Waals surface area contributed by atoms with Crippen molar-refractivity contribution in [1.29, 1.82) is 0 Å². The van der Waals surface area contributed by atoms with Crippen molar-refractivity contribution < 1.29 is 9.84 Å². The summed E-state index contributed by atoms with van der Waals surface area (Å²) in [6, 6.07) is 18.9. The quantitative estimate of drug-likeness (QED) is 0.789. The fourth-order valence-electron chi connectivity index (χ4n) is 3.18. The summed E-state index contributed by atoms with van der Waals surface area (Å²) in [6.07, 6.45) is 3.74. The average molecular weight is 325 g/mol. The van der Waals surface area contributed by atoms with Crippen LogP contribution in [0.15, 0.2) is 54.6 Å². The first-order valence-electron chi connectivity index (χ1n) is 8.96. The Morgan fingerprint density at radius 2 is 1.71 bits per heavy atom.